The summed E-state index contributed by atoms with van der Waals surface area (Å²) in [6.45, 7) is 7.22. The number of hydrogen-bond acceptors (Lipinski definition) is 3. The minimum Gasteiger partial charge on any atom is -0.388 e. The Kier molecular flexibility index (Phi) is 5.87. The molecule has 1 saturated heterocycles. The molecule has 0 amide bonds. The maximum Gasteiger partial charge on any atom is 0.0869 e. The summed E-state index contributed by atoms with van der Waals surface area (Å²) in [5.74, 6) is 1.99. The molecule has 1 fully saturated rings. The molecule has 2 N–H and O–H groups in total. The van der Waals surface area contributed by atoms with E-state index in [9.17, 15) is 5.11 Å². The average molecular weight is 243 g/mol. The molecule has 0 aliphatic carbocycles. The summed E-state index contributed by atoms with van der Waals surface area (Å²) in [5, 5.41) is 13.6. The normalized spacial score (nSPS) is 26.8. The minimum atomic E-state index is -0.449. The van der Waals surface area contributed by atoms with Crippen LogP contribution in [0.5, 0.6) is 0 Å². The van der Waals surface area contributed by atoms with E-state index in [0.717, 1.165) is 37.3 Å². The van der Waals surface area contributed by atoms with E-state index in [2.05, 4.69) is 32.2 Å². The molecule has 16 heavy (non-hydrogen) atoms. The molecule has 1 aliphatic heterocycles. The first-order valence-electron chi connectivity index (χ1n) is 6.19. The molecule has 0 aromatic heterocycles. The molecular weight excluding hydrogens is 218 g/mol. The smallest absolute Gasteiger partial charge is 0.0869 e. The minimum absolute atomic E-state index is 0.449. The van der Waals surface area contributed by atoms with Gasteiger partial charge >= 0.3 is 0 Å². The third-order valence-corrected chi connectivity index (χ3v) is 4.25. The molecule has 0 aromatic carbocycles. The van der Waals surface area contributed by atoms with Crippen LogP contribution in [0.2, 0.25) is 0 Å². The summed E-state index contributed by atoms with van der Waals surface area (Å²) in [5.41, 5.74) is 0.938. The predicted molar refractivity (Wildman–Crippen MR) is 73.0 cm³/mol. The Morgan fingerprint density at radius 1 is 1.56 bits per heavy atom. The van der Waals surface area contributed by atoms with Gasteiger partial charge in [-0.1, -0.05) is 11.6 Å². The largest absolute Gasteiger partial charge is 0.388 e. The molecule has 0 aromatic rings. The summed E-state index contributed by atoms with van der Waals surface area (Å²) in [7, 11) is 0. The summed E-state index contributed by atoms with van der Waals surface area (Å²) < 4.78 is 0. The zero-order valence-electron chi connectivity index (χ0n) is 10.8. The Bertz CT molecular complexity index is 230. The first-order valence-corrected chi connectivity index (χ1v) is 7.34. The molecule has 1 rings (SSSR count). The molecular formula is C13H25NOS. The van der Waals surface area contributed by atoms with Gasteiger partial charge in [0.05, 0.1) is 5.60 Å². The number of allylic oxidation sites excluding steroid dienone is 2. The van der Waals surface area contributed by atoms with Crippen LogP contribution >= 0.6 is 11.8 Å². The van der Waals surface area contributed by atoms with Crippen molar-refractivity contribution >= 4 is 11.8 Å². The summed E-state index contributed by atoms with van der Waals surface area (Å²) in [6.07, 6.45) is 5.49. The molecule has 2 atom stereocenters. The second-order valence-corrected chi connectivity index (χ2v) is 6.27. The maximum absolute atomic E-state index is 10.2. The fourth-order valence-corrected chi connectivity index (χ4v) is 3.12. The predicted octanol–water partition coefficient (Wildman–Crippen LogP) is 2.58. The van der Waals surface area contributed by atoms with Crippen molar-refractivity contribution in [1.29, 1.82) is 0 Å². The molecule has 2 nitrogen and oxygen atoms in total. The van der Waals surface area contributed by atoms with E-state index in [0.29, 0.717) is 6.04 Å². The van der Waals surface area contributed by atoms with Gasteiger partial charge in [0.15, 0.2) is 0 Å². The van der Waals surface area contributed by atoms with Crippen molar-refractivity contribution in [3.8, 4) is 0 Å². The molecule has 0 saturated carbocycles. The van der Waals surface area contributed by atoms with Crippen molar-refractivity contribution in [3.05, 3.63) is 11.6 Å². The Morgan fingerprint density at radius 3 is 2.88 bits per heavy atom. The Balaban J connectivity index is 2.14. The van der Waals surface area contributed by atoms with Crippen LogP contribution in [0.15, 0.2) is 11.6 Å². The van der Waals surface area contributed by atoms with Gasteiger partial charge in [-0.3, -0.25) is 0 Å². The molecule has 0 bridgehead atoms. The van der Waals surface area contributed by atoms with Crippen LogP contribution in [0.1, 0.15) is 40.0 Å². The van der Waals surface area contributed by atoms with Gasteiger partial charge in [-0.05, 0) is 45.8 Å². The van der Waals surface area contributed by atoms with Crippen molar-refractivity contribution in [2.45, 2.75) is 51.7 Å². The quantitative estimate of drug-likeness (QED) is 0.703. The lowest BCUT2D eigenvalue weighted by Gasteiger charge is -2.24. The van der Waals surface area contributed by atoms with Gasteiger partial charge in [0.2, 0.25) is 0 Å². The van der Waals surface area contributed by atoms with E-state index in [-0.39, 0.29) is 0 Å². The van der Waals surface area contributed by atoms with E-state index in [4.69, 9.17) is 0 Å². The highest BCUT2D eigenvalue weighted by Gasteiger charge is 2.31. The fraction of sp³-hybridized carbons (Fsp3) is 0.846. The Morgan fingerprint density at radius 2 is 2.31 bits per heavy atom. The highest BCUT2D eigenvalue weighted by Crippen LogP contribution is 2.27. The summed E-state index contributed by atoms with van der Waals surface area (Å²) in [6, 6.07) is 0.491. The van der Waals surface area contributed by atoms with E-state index in [1.54, 1.807) is 0 Å². The van der Waals surface area contributed by atoms with Gasteiger partial charge in [0, 0.05) is 18.3 Å². The van der Waals surface area contributed by atoms with E-state index in [1.807, 2.05) is 11.8 Å². The van der Waals surface area contributed by atoms with Crippen LogP contribution in [0.25, 0.3) is 0 Å². The molecule has 0 spiro atoms. The van der Waals surface area contributed by atoms with Gasteiger partial charge in [-0.2, -0.15) is 11.8 Å². The van der Waals surface area contributed by atoms with Gasteiger partial charge in [-0.25, -0.2) is 0 Å². The van der Waals surface area contributed by atoms with E-state index in [1.165, 1.54) is 5.57 Å². The number of thioether (sulfide) groups is 1. The summed E-state index contributed by atoms with van der Waals surface area (Å²) >= 11 is 1.85. The number of aliphatic hydroxyl groups is 1. The van der Waals surface area contributed by atoms with Gasteiger partial charge < -0.3 is 10.4 Å². The zero-order valence-corrected chi connectivity index (χ0v) is 11.6. The first kappa shape index (κ1) is 14.1. The molecule has 1 aliphatic rings. The van der Waals surface area contributed by atoms with Gasteiger partial charge in [0.25, 0.3) is 0 Å². The van der Waals surface area contributed by atoms with Crippen molar-refractivity contribution in [2.75, 3.05) is 18.1 Å². The average Bonchev–Trinajstić information content (AvgIpc) is 2.62. The lowest BCUT2D eigenvalue weighted by Crippen LogP contribution is -2.43. The number of nitrogens with one attached hydrogen (secondary N) is 1. The molecule has 3 heteroatoms. The van der Waals surface area contributed by atoms with Crippen LogP contribution in [0, 0.1) is 0 Å². The van der Waals surface area contributed by atoms with Crippen molar-refractivity contribution in [1.82, 2.24) is 5.32 Å². The van der Waals surface area contributed by atoms with Gasteiger partial charge in [0.1, 0.15) is 0 Å². The second kappa shape index (κ2) is 6.67. The summed E-state index contributed by atoms with van der Waals surface area (Å²) in [4.78, 5) is 0. The third kappa shape index (κ3) is 5.37. The maximum atomic E-state index is 10.2. The Labute approximate surface area is 104 Å². The topological polar surface area (TPSA) is 32.3 Å². The lowest BCUT2D eigenvalue weighted by atomic mass is 10.0. The lowest BCUT2D eigenvalue weighted by molar-refractivity contribution is 0.0649. The van der Waals surface area contributed by atoms with E-state index >= 15 is 0 Å². The molecule has 94 valence electrons. The monoisotopic (exact) mass is 243 g/mol. The first-order chi connectivity index (χ1) is 7.52. The zero-order chi connectivity index (χ0) is 12.0. The highest BCUT2D eigenvalue weighted by atomic mass is 32.2. The van der Waals surface area contributed by atoms with Gasteiger partial charge in [-0.15, -0.1) is 0 Å². The standard InChI is InChI=1S/C13H25NOS/c1-11(2)5-4-6-12(3)14-9-13(15)7-8-16-10-13/h5,12,14-15H,4,6-10H2,1-3H3. The highest BCUT2D eigenvalue weighted by molar-refractivity contribution is 7.99. The number of rotatable bonds is 6. The fourth-order valence-electron chi connectivity index (χ4n) is 1.82. The van der Waals surface area contributed by atoms with Crippen molar-refractivity contribution < 1.29 is 5.11 Å². The third-order valence-electron chi connectivity index (χ3n) is 3.01. The number of hydrogen-bond donors (Lipinski definition) is 2. The van der Waals surface area contributed by atoms with Crippen LogP contribution in [-0.2, 0) is 0 Å². The van der Waals surface area contributed by atoms with Crippen LogP contribution in [0.3, 0.4) is 0 Å². The molecule has 1 heterocycles. The van der Waals surface area contributed by atoms with Crippen molar-refractivity contribution in [2.24, 2.45) is 0 Å². The van der Waals surface area contributed by atoms with Crippen molar-refractivity contribution in [3.63, 3.8) is 0 Å². The van der Waals surface area contributed by atoms with E-state index < -0.39 is 5.60 Å². The molecule has 2 unspecified atom stereocenters. The van der Waals surface area contributed by atoms with Crippen LogP contribution in [-0.4, -0.2) is 34.8 Å². The Hall–Kier alpha value is 0.0100. The second-order valence-electron chi connectivity index (χ2n) is 5.17. The molecule has 0 radical (unpaired) electrons. The van der Waals surface area contributed by atoms with Crippen LogP contribution < -0.4 is 5.32 Å². The van der Waals surface area contributed by atoms with Crippen LogP contribution in [0.4, 0.5) is 0 Å². The SMILES string of the molecule is CC(C)=CCCC(C)NCC1(O)CCSC1.